The first kappa shape index (κ1) is 7.94. The standard InChI is InChI=1S/C7H7NO2S/c1-4-2-5(7(8)10)11-6(4)3-9/h2-3H,1H3,(H2,8,10). The molecule has 0 fully saturated rings. The summed E-state index contributed by atoms with van der Waals surface area (Å²) >= 11 is 1.12. The van der Waals surface area contributed by atoms with Gasteiger partial charge in [-0.25, -0.2) is 0 Å². The number of primary amides is 1. The van der Waals surface area contributed by atoms with Crippen LogP contribution in [0.25, 0.3) is 0 Å². The molecule has 0 saturated heterocycles. The van der Waals surface area contributed by atoms with E-state index in [9.17, 15) is 9.59 Å². The Kier molecular flexibility index (Phi) is 2.05. The molecule has 2 N–H and O–H groups in total. The summed E-state index contributed by atoms with van der Waals surface area (Å²) in [4.78, 5) is 21.9. The highest BCUT2D eigenvalue weighted by molar-refractivity contribution is 7.15. The lowest BCUT2D eigenvalue weighted by Gasteiger charge is -1.81. The number of rotatable bonds is 2. The van der Waals surface area contributed by atoms with E-state index in [1.165, 1.54) is 0 Å². The summed E-state index contributed by atoms with van der Waals surface area (Å²) < 4.78 is 0. The molecule has 4 heteroatoms. The molecule has 1 heterocycles. The van der Waals surface area contributed by atoms with E-state index in [-0.39, 0.29) is 0 Å². The second-order valence-corrected chi connectivity index (χ2v) is 3.22. The number of carbonyl (C=O) groups excluding carboxylic acids is 2. The maximum atomic E-state index is 10.6. The van der Waals surface area contributed by atoms with E-state index in [0.29, 0.717) is 9.75 Å². The van der Waals surface area contributed by atoms with E-state index < -0.39 is 5.91 Å². The van der Waals surface area contributed by atoms with E-state index in [4.69, 9.17) is 5.73 Å². The highest BCUT2D eigenvalue weighted by Gasteiger charge is 2.07. The monoisotopic (exact) mass is 169 g/mol. The van der Waals surface area contributed by atoms with Gasteiger partial charge < -0.3 is 5.73 Å². The number of thiophene rings is 1. The van der Waals surface area contributed by atoms with Gasteiger partial charge in [0.1, 0.15) is 0 Å². The van der Waals surface area contributed by atoms with E-state index >= 15 is 0 Å². The molecule has 3 nitrogen and oxygen atoms in total. The summed E-state index contributed by atoms with van der Waals surface area (Å²) in [5.74, 6) is -0.480. The van der Waals surface area contributed by atoms with Crippen molar-refractivity contribution in [3.8, 4) is 0 Å². The zero-order valence-corrected chi connectivity index (χ0v) is 6.77. The number of nitrogens with two attached hydrogens (primary N) is 1. The zero-order chi connectivity index (χ0) is 8.43. The Labute approximate surface area is 67.8 Å². The second kappa shape index (κ2) is 2.84. The normalized spacial score (nSPS) is 9.55. The van der Waals surface area contributed by atoms with Crippen molar-refractivity contribution in [2.45, 2.75) is 6.92 Å². The summed E-state index contributed by atoms with van der Waals surface area (Å²) in [6.45, 7) is 1.77. The molecule has 1 rings (SSSR count). The lowest BCUT2D eigenvalue weighted by Crippen LogP contribution is -2.08. The summed E-state index contributed by atoms with van der Waals surface area (Å²) in [5, 5.41) is 0. The summed E-state index contributed by atoms with van der Waals surface area (Å²) in [6.07, 6.45) is 0.729. The van der Waals surface area contributed by atoms with E-state index in [1.807, 2.05) is 0 Å². The van der Waals surface area contributed by atoms with Crippen LogP contribution >= 0.6 is 11.3 Å². The van der Waals surface area contributed by atoms with Crippen LogP contribution < -0.4 is 5.73 Å². The lowest BCUT2D eigenvalue weighted by atomic mass is 10.3. The molecule has 1 aromatic heterocycles. The van der Waals surface area contributed by atoms with Crippen LogP contribution in [0.15, 0.2) is 6.07 Å². The molecule has 0 aliphatic rings. The molecule has 0 aliphatic carbocycles. The van der Waals surface area contributed by atoms with Crippen LogP contribution in [-0.4, -0.2) is 12.2 Å². The summed E-state index contributed by atoms with van der Waals surface area (Å²) in [7, 11) is 0. The van der Waals surface area contributed by atoms with Crippen LogP contribution in [0.1, 0.15) is 24.9 Å². The third-order valence-electron chi connectivity index (χ3n) is 1.31. The van der Waals surface area contributed by atoms with Crippen molar-refractivity contribution in [3.63, 3.8) is 0 Å². The van der Waals surface area contributed by atoms with Crippen LogP contribution in [-0.2, 0) is 0 Å². The molecule has 0 bridgehead atoms. The van der Waals surface area contributed by atoms with Crippen molar-refractivity contribution in [2.24, 2.45) is 5.73 Å². The fraction of sp³-hybridized carbons (Fsp3) is 0.143. The fourth-order valence-electron chi connectivity index (χ4n) is 0.735. The molecule has 0 aromatic carbocycles. The highest BCUT2D eigenvalue weighted by Crippen LogP contribution is 2.18. The zero-order valence-electron chi connectivity index (χ0n) is 5.96. The lowest BCUT2D eigenvalue weighted by molar-refractivity contribution is 0.100. The first-order chi connectivity index (χ1) is 5.15. The molecular formula is C7H7NO2S. The quantitative estimate of drug-likeness (QED) is 0.670. The van der Waals surface area contributed by atoms with Crippen molar-refractivity contribution in [2.75, 3.05) is 0 Å². The number of aryl methyl sites for hydroxylation is 1. The van der Waals surface area contributed by atoms with Crippen LogP contribution in [0, 0.1) is 6.92 Å². The summed E-state index contributed by atoms with van der Waals surface area (Å²) in [6, 6.07) is 1.62. The highest BCUT2D eigenvalue weighted by atomic mass is 32.1. The third-order valence-corrected chi connectivity index (χ3v) is 2.48. The van der Waals surface area contributed by atoms with Gasteiger partial charge in [0, 0.05) is 0 Å². The van der Waals surface area contributed by atoms with Gasteiger partial charge in [0.15, 0.2) is 6.29 Å². The average Bonchev–Trinajstić information content (AvgIpc) is 2.31. The molecule has 0 aliphatic heterocycles. The average molecular weight is 169 g/mol. The first-order valence-corrected chi connectivity index (χ1v) is 3.82. The largest absolute Gasteiger partial charge is 0.365 e. The van der Waals surface area contributed by atoms with Crippen LogP contribution in [0.4, 0.5) is 0 Å². The molecular weight excluding hydrogens is 162 g/mol. The molecule has 11 heavy (non-hydrogen) atoms. The Balaban J connectivity index is 3.14. The van der Waals surface area contributed by atoms with Gasteiger partial charge in [-0.2, -0.15) is 0 Å². The maximum absolute atomic E-state index is 10.6. The Morgan fingerprint density at radius 2 is 2.36 bits per heavy atom. The Hall–Kier alpha value is -1.16. The number of amides is 1. The minimum absolute atomic E-state index is 0.435. The van der Waals surface area contributed by atoms with E-state index in [1.54, 1.807) is 13.0 Å². The Bertz CT molecular complexity index is 303. The van der Waals surface area contributed by atoms with Gasteiger partial charge in [-0.1, -0.05) is 0 Å². The molecule has 0 radical (unpaired) electrons. The molecule has 58 valence electrons. The van der Waals surface area contributed by atoms with Crippen molar-refractivity contribution >= 4 is 23.5 Å². The van der Waals surface area contributed by atoms with Gasteiger partial charge in [-0.15, -0.1) is 11.3 Å². The minimum Gasteiger partial charge on any atom is -0.365 e. The minimum atomic E-state index is -0.480. The van der Waals surface area contributed by atoms with Gasteiger partial charge in [0.2, 0.25) is 0 Å². The molecule has 1 amide bonds. The van der Waals surface area contributed by atoms with Crippen molar-refractivity contribution in [1.29, 1.82) is 0 Å². The topological polar surface area (TPSA) is 60.2 Å². The number of hydrogen-bond acceptors (Lipinski definition) is 3. The van der Waals surface area contributed by atoms with Gasteiger partial charge >= 0.3 is 0 Å². The van der Waals surface area contributed by atoms with Crippen molar-refractivity contribution in [3.05, 3.63) is 21.4 Å². The number of carbonyl (C=O) groups is 2. The van der Waals surface area contributed by atoms with Gasteiger partial charge in [-0.05, 0) is 18.6 Å². The SMILES string of the molecule is Cc1cc(C(N)=O)sc1C=O. The van der Waals surface area contributed by atoms with Gasteiger partial charge in [0.25, 0.3) is 5.91 Å². The fourth-order valence-corrected chi connectivity index (χ4v) is 1.58. The van der Waals surface area contributed by atoms with Gasteiger partial charge in [0.05, 0.1) is 9.75 Å². The number of aldehydes is 1. The molecule has 0 unspecified atom stereocenters. The van der Waals surface area contributed by atoms with E-state index in [0.717, 1.165) is 23.2 Å². The van der Waals surface area contributed by atoms with Crippen LogP contribution in [0.2, 0.25) is 0 Å². The predicted molar refractivity (Wildman–Crippen MR) is 43.0 cm³/mol. The molecule has 0 saturated carbocycles. The van der Waals surface area contributed by atoms with Crippen molar-refractivity contribution in [1.82, 2.24) is 0 Å². The third kappa shape index (κ3) is 1.46. The molecule has 0 atom stereocenters. The van der Waals surface area contributed by atoms with Crippen molar-refractivity contribution < 1.29 is 9.59 Å². The van der Waals surface area contributed by atoms with Crippen LogP contribution in [0.5, 0.6) is 0 Å². The summed E-state index contributed by atoms with van der Waals surface area (Å²) in [5.41, 5.74) is 5.81. The van der Waals surface area contributed by atoms with E-state index in [2.05, 4.69) is 0 Å². The molecule has 1 aromatic rings. The van der Waals surface area contributed by atoms with Gasteiger partial charge in [-0.3, -0.25) is 9.59 Å². The van der Waals surface area contributed by atoms with Crippen LogP contribution in [0.3, 0.4) is 0 Å². The number of hydrogen-bond donors (Lipinski definition) is 1. The smallest absolute Gasteiger partial charge is 0.258 e. The predicted octanol–water partition coefficient (Wildman–Crippen LogP) is 0.968. The Morgan fingerprint density at radius 3 is 2.64 bits per heavy atom. The molecule has 0 spiro atoms. The maximum Gasteiger partial charge on any atom is 0.258 e. The second-order valence-electron chi connectivity index (χ2n) is 2.14. The Morgan fingerprint density at radius 1 is 1.73 bits per heavy atom. The first-order valence-electron chi connectivity index (χ1n) is 3.00.